The number of aromatic nitrogens is 1. The normalized spacial score (nSPS) is 10.5. The summed E-state index contributed by atoms with van der Waals surface area (Å²) in [7, 11) is 1.56. The van der Waals surface area contributed by atoms with Gasteiger partial charge in [-0.05, 0) is 23.8 Å². The molecule has 2 N–H and O–H groups in total. The maximum Gasteiger partial charge on any atom is 0.249 e. The number of methoxy groups -OCH3 is 1. The number of primary amides is 1. The first kappa shape index (κ1) is 13.1. The fourth-order valence-corrected chi connectivity index (χ4v) is 2.38. The van der Waals surface area contributed by atoms with Gasteiger partial charge in [-0.25, -0.2) is 4.98 Å². The molecule has 4 heteroatoms. The van der Waals surface area contributed by atoms with E-state index < -0.39 is 5.91 Å². The predicted molar refractivity (Wildman–Crippen MR) is 82.2 cm³/mol. The van der Waals surface area contributed by atoms with Crippen molar-refractivity contribution in [2.75, 3.05) is 7.11 Å². The second kappa shape index (κ2) is 5.25. The van der Waals surface area contributed by atoms with Gasteiger partial charge in [-0.1, -0.05) is 36.4 Å². The SMILES string of the molecule is COc1nc2ccccc2cc1-c1ccccc1C(N)=O. The molecule has 0 radical (unpaired) electrons. The molecule has 21 heavy (non-hydrogen) atoms. The number of amides is 1. The number of fused-ring (bicyclic) bond motifs is 1. The van der Waals surface area contributed by atoms with Crippen LogP contribution >= 0.6 is 0 Å². The van der Waals surface area contributed by atoms with Crippen LogP contribution in [-0.4, -0.2) is 18.0 Å². The van der Waals surface area contributed by atoms with E-state index in [0.29, 0.717) is 11.4 Å². The van der Waals surface area contributed by atoms with Gasteiger partial charge in [0.25, 0.3) is 0 Å². The molecular formula is C17H14N2O2. The Labute approximate surface area is 122 Å². The van der Waals surface area contributed by atoms with Crippen molar-refractivity contribution in [3.63, 3.8) is 0 Å². The standard InChI is InChI=1S/C17H14N2O2/c1-21-17-14(10-11-6-2-5-9-15(11)19-17)12-7-3-4-8-13(12)16(18)20/h2-10H,1H3,(H2,18,20). The monoisotopic (exact) mass is 278 g/mol. The minimum Gasteiger partial charge on any atom is -0.481 e. The average Bonchev–Trinajstić information content (AvgIpc) is 2.53. The van der Waals surface area contributed by atoms with Crippen molar-refractivity contribution < 1.29 is 9.53 Å². The number of carbonyl (C=O) groups is 1. The maximum atomic E-state index is 11.6. The Bertz CT molecular complexity index is 828. The van der Waals surface area contributed by atoms with Gasteiger partial charge in [0.15, 0.2) is 0 Å². The number of carbonyl (C=O) groups excluding carboxylic acids is 1. The summed E-state index contributed by atoms with van der Waals surface area (Å²) in [6, 6.07) is 16.9. The lowest BCUT2D eigenvalue weighted by Crippen LogP contribution is -2.12. The summed E-state index contributed by atoms with van der Waals surface area (Å²) in [6.07, 6.45) is 0. The van der Waals surface area contributed by atoms with E-state index in [1.807, 2.05) is 42.5 Å². The first-order valence-corrected chi connectivity index (χ1v) is 6.53. The number of para-hydroxylation sites is 1. The average molecular weight is 278 g/mol. The minimum atomic E-state index is -0.471. The summed E-state index contributed by atoms with van der Waals surface area (Å²) in [5.41, 5.74) is 8.23. The molecule has 1 heterocycles. The van der Waals surface area contributed by atoms with Gasteiger partial charge in [0.2, 0.25) is 11.8 Å². The zero-order valence-corrected chi connectivity index (χ0v) is 11.5. The summed E-state index contributed by atoms with van der Waals surface area (Å²) >= 11 is 0. The largest absolute Gasteiger partial charge is 0.481 e. The van der Waals surface area contributed by atoms with Gasteiger partial charge in [-0.15, -0.1) is 0 Å². The van der Waals surface area contributed by atoms with Crippen LogP contribution in [0.25, 0.3) is 22.0 Å². The molecule has 0 saturated heterocycles. The van der Waals surface area contributed by atoms with Crippen LogP contribution in [0.4, 0.5) is 0 Å². The predicted octanol–water partition coefficient (Wildman–Crippen LogP) is 3.01. The van der Waals surface area contributed by atoms with Gasteiger partial charge >= 0.3 is 0 Å². The summed E-state index contributed by atoms with van der Waals surface area (Å²) in [5.74, 6) is 0.00297. The van der Waals surface area contributed by atoms with Crippen molar-refractivity contribution in [1.82, 2.24) is 4.98 Å². The Balaban J connectivity index is 2.31. The molecule has 104 valence electrons. The van der Waals surface area contributed by atoms with Gasteiger partial charge in [-0.3, -0.25) is 4.79 Å². The van der Waals surface area contributed by atoms with Crippen molar-refractivity contribution in [1.29, 1.82) is 0 Å². The topological polar surface area (TPSA) is 65.2 Å². The molecule has 0 aliphatic rings. The highest BCUT2D eigenvalue weighted by molar-refractivity contribution is 6.01. The van der Waals surface area contributed by atoms with E-state index in [-0.39, 0.29) is 0 Å². The fraction of sp³-hybridized carbons (Fsp3) is 0.0588. The minimum absolute atomic E-state index is 0.452. The summed E-state index contributed by atoms with van der Waals surface area (Å²) < 4.78 is 5.38. The fourth-order valence-electron chi connectivity index (χ4n) is 2.38. The molecule has 0 bridgehead atoms. The number of hydrogen-bond acceptors (Lipinski definition) is 3. The summed E-state index contributed by atoms with van der Waals surface area (Å²) in [4.78, 5) is 16.1. The molecule has 0 spiro atoms. The van der Waals surface area contributed by atoms with Gasteiger partial charge in [0.05, 0.1) is 12.6 Å². The molecule has 1 aromatic heterocycles. The van der Waals surface area contributed by atoms with E-state index >= 15 is 0 Å². The van der Waals surface area contributed by atoms with Crippen molar-refractivity contribution in [3.05, 3.63) is 60.2 Å². The van der Waals surface area contributed by atoms with Crippen LogP contribution in [0.15, 0.2) is 54.6 Å². The van der Waals surface area contributed by atoms with Crippen LogP contribution in [0.1, 0.15) is 10.4 Å². The molecule has 0 aliphatic heterocycles. The van der Waals surface area contributed by atoms with Crippen LogP contribution in [-0.2, 0) is 0 Å². The zero-order chi connectivity index (χ0) is 14.8. The number of rotatable bonds is 3. The maximum absolute atomic E-state index is 11.6. The van der Waals surface area contributed by atoms with Crippen molar-refractivity contribution >= 4 is 16.8 Å². The lowest BCUT2D eigenvalue weighted by molar-refractivity contribution is 0.100. The van der Waals surface area contributed by atoms with Crippen LogP contribution in [0.2, 0.25) is 0 Å². The van der Waals surface area contributed by atoms with Crippen molar-refractivity contribution in [3.8, 4) is 17.0 Å². The molecule has 0 saturated carbocycles. The third kappa shape index (κ3) is 2.31. The van der Waals surface area contributed by atoms with E-state index in [0.717, 1.165) is 22.0 Å². The second-order valence-corrected chi connectivity index (χ2v) is 4.65. The Hall–Kier alpha value is -2.88. The third-order valence-corrected chi connectivity index (χ3v) is 3.37. The van der Waals surface area contributed by atoms with E-state index in [9.17, 15) is 4.79 Å². The van der Waals surface area contributed by atoms with Crippen molar-refractivity contribution in [2.45, 2.75) is 0 Å². The first-order valence-electron chi connectivity index (χ1n) is 6.53. The number of nitrogens with zero attached hydrogens (tertiary/aromatic N) is 1. The summed E-state index contributed by atoms with van der Waals surface area (Å²) in [6.45, 7) is 0. The molecule has 0 fully saturated rings. The molecular weight excluding hydrogens is 264 g/mol. The van der Waals surface area contributed by atoms with Gasteiger partial charge in [0, 0.05) is 16.5 Å². The summed E-state index contributed by atoms with van der Waals surface area (Å²) in [5, 5.41) is 0.979. The molecule has 3 aromatic rings. The zero-order valence-electron chi connectivity index (χ0n) is 11.5. The molecule has 0 atom stereocenters. The molecule has 0 unspecified atom stereocenters. The first-order chi connectivity index (χ1) is 10.2. The molecule has 1 amide bonds. The van der Waals surface area contributed by atoms with Crippen LogP contribution < -0.4 is 10.5 Å². The van der Waals surface area contributed by atoms with E-state index in [4.69, 9.17) is 10.5 Å². The number of pyridine rings is 1. The van der Waals surface area contributed by atoms with Crippen LogP contribution in [0, 0.1) is 0 Å². The molecule has 4 nitrogen and oxygen atoms in total. The van der Waals surface area contributed by atoms with Gasteiger partial charge < -0.3 is 10.5 Å². The second-order valence-electron chi connectivity index (χ2n) is 4.65. The Kier molecular flexibility index (Phi) is 3.28. The number of hydrogen-bond donors (Lipinski definition) is 1. The highest BCUT2D eigenvalue weighted by Crippen LogP contribution is 2.33. The number of benzene rings is 2. The number of ether oxygens (including phenoxy) is 1. The van der Waals surface area contributed by atoms with E-state index in [1.54, 1.807) is 19.2 Å². The van der Waals surface area contributed by atoms with E-state index in [2.05, 4.69) is 4.98 Å². The van der Waals surface area contributed by atoms with E-state index in [1.165, 1.54) is 0 Å². The van der Waals surface area contributed by atoms with Crippen molar-refractivity contribution in [2.24, 2.45) is 5.73 Å². The van der Waals surface area contributed by atoms with Gasteiger partial charge in [-0.2, -0.15) is 0 Å². The smallest absolute Gasteiger partial charge is 0.249 e. The highest BCUT2D eigenvalue weighted by atomic mass is 16.5. The highest BCUT2D eigenvalue weighted by Gasteiger charge is 2.15. The lowest BCUT2D eigenvalue weighted by Gasteiger charge is -2.12. The molecule has 3 rings (SSSR count). The third-order valence-electron chi connectivity index (χ3n) is 3.37. The quantitative estimate of drug-likeness (QED) is 0.801. The van der Waals surface area contributed by atoms with Crippen LogP contribution in [0.5, 0.6) is 5.88 Å². The Morgan fingerprint density at radius 3 is 2.52 bits per heavy atom. The molecule has 2 aromatic carbocycles. The molecule has 0 aliphatic carbocycles. The van der Waals surface area contributed by atoms with Crippen LogP contribution in [0.3, 0.4) is 0 Å². The Morgan fingerprint density at radius 2 is 1.76 bits per heavy atom. The Morgan fingerprint density at radius 1 is 1.05 bits per heavy atom. The van der Waals surface area contributed by atoms with Gasteiger partial charge in [0.1, 0.15) is 0 Å². The lowest BCUT2D eigenvalue weighted by atomic mass is 9.99. The number of nitrogens with two attached hydrogens (primary N) is 1.